The van der Waals surface area contributed by atoms with E-state index in [0.717, 1.165) is 23.8 Å². The van der Waals surface area contributed by atoms with Crippen LogP contribution in [-0.4, -0.2) is 48.4 Å². The highest BCUT2D eigenvalue weighted by Crippen LogP contribution is 2.29. The van der Waals surface area contributed by atoms with Gasteiger partial charge in [-0.15, -0.1) is 0 Å². The summed E-state index contributed by atoms with van der Waals surface area (Å²) >= 11 is 0. The number of esters is 1. The van der Waals surface area contributed by atoms with Gasteiger partial charge in [0.15, 0.2) is 0 Å². The van der Waals surface area contributed by atoms with E-state index in [9.17, 15) is 9.59 Å². The molecule has 8 nitrogen and oxygen atoms in total. The lowest BCUT2D eigenvalue weighted by molar-refractivity contribution is -0.145. The Kier molecular flexibility index (Phi) is 8.26. The van der Waals surface area contributed by atoms with Gasteiger partial charge in [0.1, 0.15) is 29.3 Å². The third-order valence-electron chi connectivity index (χ3n) is 6.40. The first kappa shape index (κ1) is 27.1. The molecule has 8 heteroatoms. The summed E-state index contributed by atoms with van der Waals surface area (Å²) in [6.07, 6.45) is 1.77. The van der Waals surface area contributed by atoms with Crippen LogP contribution in [-0.2, 0) is 20.7 Å². The normalized spacial score (nSPS) is 16.2. The van der Waals surface area contributed by atoms with E-state index in [1.165, 1.54) is 0 Å². The number of nitriles is 1. The predicted molar refractivity (Wildman–Crippen MR) is 142 cm³/mol. The summed E-state index contributed by atoms with van der Waals surface area (Å²) in [5.41, 5.74) is 1.45. The number of likely N-dealkylation sites (tertiary alicyclic amines) is 1. The molecule has 0 N–H and O–H groups in total. The summed E-state index contributed by atoms with van der Waals surface area (Å²) in [6.45, 7) is 8.65. The Morgan fingerprint density at radius 1 is 1.16 bits per heavy atom. The summed E-state index contributed by atoms with van der Waals surface area (Å²) < 4.78 is 22.8. The van der Waals surface area contributed by atoms with Crippen molar-refractivity contribution in [2.45, 2.75) is 64.5 Å². The Morgan fingerprint density at radius 3 is 2.61 bits per heavy atom. The first-order chi connectivity index (χ1) is 18.2. The number of nitrogens with zero attached hydrogens (tertiary/aromatic N) is 2. The Balaban J connectivity index is 1.44. The van der Waals surface area contributed by atoms with E-state index >= 15 is 0 Å². The molecule has 0 bridgehead atoms. The molecule has 1 fully saturated rings. The highest BCUT2D eigenvalue weighted by atomic mass is 16.6. The van der Waals surface area contributed by atoms with Gasteiger partial charge in [-0.1, -0.05) is 12.1 Å². The fraction of sp³-hybridized carbons (Fsp3) is 0.433. The molecular weight excluding hydrogens is 484 g/mol. The van der Waals surface area contributed by atoms with E-state index in [2.05, 4.69) is 6.07 Å². The van der Waals surface area contributed by atoms with Gasteiger partial charge in [-0.3, -0.25) is 4.79 Å². The van der Waals surface area contributed by atoms with Gasteiger partial charge in [0.2, 0.25) is 0 Å². The molecule has 0 aliphatic carbocycles. The van der Waals surface area contributed by atoms with Crippen molar-refractivity contribution < 1.29 is 28.2 Å². The van der Waals surface area contributed by atoms with E-state index in [1.807, 2.05) is 51.1 Å². The van der Waals surface area contributed by atoms with E-state index in [0.29, 0.717) is 42.2 Å². The van der Waals surface area contributed by atoms with Crippen molar-refractivity contribution in [1.29, 1.82) is 5.26 Å². The van der Waals surface area contributed by atoms with Crippen LogP contribution in [0, 0.1) is 11.3 Å². The monoisotopic (exact) mass is 518 g/mol. The average molecular weight is 519 g/mol. The minimum absolute atomic E-state index is 0.0496. The fourth-order valence-corrected chi connectivity index (χ4v) is 4.61. The maximum Gasteiger partial charge on any atom is 0.410 e. The van der Waals surface area contributed by atoms with Gasteiger partial charge in [-0.25, -0.2) is 4.79 Å². The summed E-state index contributed by atoms with van der Waals surface area (Å²) in [5, 5.41) is 9.97. The first-order valence-electron chi connectivity index (χ1n) is 13.0. The number of carbonyl (C=O) groups excluding carboxylic acids is 2. The van der Waals surface area contributed by atoms with Gasteiger partial charge in [0.25, 0.3) is 0 Å². The lowest BCUT2D eigenvalue weighted by atomic mass is 9.94. The highest BCUT2D eigenvalue weighted by Gasteiger charge is 2.32. The van der Waals surface area contributed by atoms with Crippen molar-refractivity contribution in [2.24, 2.45) is 0 Å². The Morgan fingerprint density at radius 2 is 1.92 bits per heavy atom. The van der Waals surface area contributed by atoms with Gasteiger partial charge in [-0.2, -0.15) is 5.26 Å². The largest absolute Gasteiger partial charge is 0.491 e. The summed E-state index contributed by atoms with van der Waals surface area (Å²) in [5.74, 6) is 0.396. The number of amides is 1. The third kappa shape index (κ3) is 6.65. The SMILES string of the molecule is CCOC(=O)C(Cc1cc2cc(C#N)ccc2o1)c1ccc(OC[C@H]2CCCN2C(=O)OC(C)(C)C)cc1. The van der Waals surface area contributed by atoms with E-state index < -0.39 is 11.5 Å². The number of furan rings is 1. The number of carbonyl (C=O) groups is 2. The molecule has 1 amide bonds. The van der Waals surface area contributed by atoms with Gasteiger partial charge >= 0.3 is 12.1 Å². The Hall–Kier alpha value is -3.99. The van der Waals surface area contributed by atoms with Crippen LogP contribution < -0.4 is 4.74 Å². The molecule has 0 saturated carbocycles. The first-order valence-corrected chi connectivity index (χ1v) is 13.0. The molecular formula is C30H34N2O6. The van der Waals surface area contributed by atoms with Crippen LogP contribution in [0.3, 0.4) is 0 Å². The Bertz CT molecular complexity index is 1320. The van der Waals surface area contributed by atoms with Crippen molar-refractivity contribution in [3.05, 3.63) is 65.4 Å². The number of rotatable bonds is 8. The molecule has 1 unspecified atom stereocenters. The van der Waals surface area contributed by atoms with Crippen LogP contribution in [0.1, 0.15) is 63.3 Å². The standard InChI is InChI=1S/C30H34N2O6/c1-5-35-28(33)26(17-25-16-22-15-20(18-31)8-13-27(22)37-25)21-9-11-24(12-10-21)36-19-23-7-6-14-32(23)29(34)38-30(2,3)4/h8-13,15-16,23,26H,5-7,14,17,19H2,1-4H3/t23-,26?/m1/s1. The highest BCUT2D eigenvalue weighted by molar-refractivity contribution is 5.81. The maximum absolute atomic E-state index is 12.9. The van der Waals surface area contributed by atoms with Gasteiger partial charge in [0, 0.05) is 18.4 Å². The molecule has 1 aliphatic rings. The average Bonchev–Trinajstić information content (AvgIpc) is 3.51. The third-order valence-corrected chi connectivity index (χ3v) is 6.40. The summed E-state index contributed by atoms with van der Waals surface area (Å²) in [6, 6.07) is 16.5. The zero-order valence-electron chi connectivity index (χ0n) is 22.4. The van der Waals surface area contributed by atoms with Gasteiger partial charge < -0.3 is 23.5 Å². The minimum atomic E-state index is -0.558. The minimum Gasteiger partial charge on any atom is -0.491 e. The van der Waals surface area contributed by atoms with Crippen LogP contribution in [0.15, 0.2) is 52.9 Å². The van der Waals surface area contributed by atoms with Crippen molar-refractivity contribution in [1.82, 2.24) is 4.90 Å². The van der Waals surface area contributed by atoms with Crippen LogP contribution in [0.25, 0.3) is 11.0 Å². The van der Waals surface area contributed by atoms with Crippen molar-refractivity contribution in [3.63, 3.8) is 0 Å². The van der Waals surface area contributed by atoms with Crippen LogP contribution >= 0.6 is 0 Å². The number of fused-ring (bicyclic) bond motifs is 1. The molecule has 4 rings (SSSR count). The quantitative estimate of drug-likeness (QED) is 0.338. The van der Waals surface area contributed by atoms with Crippen molar-refractivity contribution in [3.8, 4) is 11.8 Å². The van der Waals surface area contributed by atoms with Gasteiger partial charge in [-0.05, 0) is 82.5 Å². The molecule has 2 heterocycles. The van der Waals surface area contributed by atoms with Gasteiger partial charge in [0.05, 0.1) is 30.2 Å². The Labute approximate surface area is 223 Å². The molecule has 38 heavy (non-hydrogen) atoms. The maximum atomic E-state index is 12.9. The number of hydrogen-bond donors (Lipinski definition) is 0. The topological polar surface area (TPSA) is 102 Å². The number of ether oxygens (including phenoxy) is 3. The zero-order valence-corrected chi connectivity index (χ0v) is 22.4. The molecule has 3 aromatic rings. The second kappa shape index (κ2) is 11.6. The van der Waals surface area contributed by atoms with Crippen LogP contribution in [0.4, 0.5) is 4.79 Å². The lowest BCUT2D eigenvalue weighted by Crippen LogP contribution is -2.42. The number of hydrogen-bond acceptors (Lipinski definition) is 7. The smallest absolute Gasteiger partial charge is 0.410 e. The second-order valence-electron chi connectivity index (χ2n) is 10.4. The molecule has 1 saturated heterocycles. The molecule has 0 spiro atoms. The van der Waals surface area contributed by atoms with Crippen LogP contribution in [0.5, 0.6) is 5.75 Å². The van der Waals surface area contributed by atoms with E-state index in [-0.39, 0.29) is 24.7 Å². The van der Waals surface area contributed by atoms with E-state index in [1.54, 1.807) is 30.0 Å². The molecule has 1 aromatic heterocycles. The second-order valence-corrected chi connectivity index (χ2v) is 10.4. The summed E-state index contributed by atoms with van der Waals surface area (Å²) in [7, 11) is 0. The zero-order chi connectivity index (χ0) is 27.3. The molecule has 1 aliphatic heterocycles. The van der Waals surface area contributed by atoms with E-state index in [4.69, 9.17) is 23.9 Å². The van der Waals surface area contributed by atoms with Crippen molar-refractivity contribution in [2.75, 3.05) is 19.8 Å². The van der Waals surface area contributed by atoms with Crippen LogP contribution in [0.2, 0.25) is 0 Å². The molecule has 0 radical (unpaired) electrons. The summed E-state index contributed by atoms with van der Waals surface area (Å²) in [4.78, 5) is 27.1. The molecule has 200 valence electrons. The lowest BCUT2D eigenvalue weighted by Gasteiger charge is -2.28. The van der Waals surface area contributed by atoms with Crippen molar-refractivity contribution >= 4 is 23.0 Å². The fourth-order valence-electron chi connectivity index (χ4n) is 4.61. The predicted octanol–water partition coefficient (Wildman–Crippen LogP) is 5.97. The number of benzene rings is 2. The molecule has 2 aromatic carbocycles. The molecule has 2 atom stereocenters.